The molecule has 2 aromatic rings. The average Bonchev–Trinajstić information content (AvgIpc) is 2.40. The molecule has 0 aromatic carbocycles. The third-order valence-corrected chi connectivity index (χ3v) is 2.45. The van der Waals surface area contributed by atoms with Gasteiger partial charge in [0.1, 0.15) is 4.83 Å². The number of anilines is 1. The van der Waals surface area contributed by atoms with E-state index in [9.17, 15) is 0 Å². The summed E-state index contributed by atoms with van der Waals surface area (Å²) >= 11 is 1.66. The van der Waals surface area contributed by atoms with Crippen LogP contribution >= 0.6 is 11.3 Å². The number of nitrogens with zero attached hydrogens (tertiary/aromatic N) is 2. The minimum Gasteiger partial charge on any atom is -0.369 e. The lowest BCUT2D eigenvalue weighted by Crippen LogP contribution is -1.93. The van der Waals surface area contributed by atoms with E-state index in [-0.39, 0.29) is 0 Å². The number of rotatable bonds is 0. The third kappa shape index (κ3) is 0.565. The molecule has 0 bridgehead atoms. The number of nitrogen functional groups attached to an aromatic ring is 1. The van der Waals surface area contributed by atoms with Gasteiger partial charge in [-0.05, 0) is 6.92 Å². The highest BCUT2D eigenvalue weighted by Crippen LogP contribution is 2.18. The largest absolute Gasteiger partial charge is 0.369 e. The number of aryl methyl sites for hydroxylation is 1. The second kappa shape index (κ2) is 1.73. The van der Waals surface area contributed by atoms with Gasteiger partial charge in [0.2, 0.25) is 5.95 Å². The zero-order valence-corrected chi connectivity index (χ0v) is 6.35. The van der Waals surface area contributed by atoms with Crippen LogP contribution in [0.2, 0.25) is 0 Å². The number of aromatic nitrogens is 2. The van der Waals surface area contributed by atoms with Crippen molar-refractivity contribution in [3.8, 4) is 0 Å². The van der Waals surface area contributed by atoms with Crippen molar-refractivity contribution >= 4 is 22.1 Å². The molecule has 0 atom stereocenters. The predicted molar refractivity (Wildman–Crippen MR) is 42.2 cm³/mol. The minimum absolute atomic E-state index is 0.578. The van der Waals surface area contributed by atoms with Gasteiger partial charge in [-0.25, -0.2) is 4.98 Å². The van der Waals surface area contributed by atoms with Gasteiger partial charge >= 0.3 is 0 Å². The first-order valence-electron chi connectivity index (χ1n) is 2.96. The number of fused-ring (bicyclic) bond motifs is 1. The van der Waals surface area contributed by atoms with Crippen molar-refractivity contribution in [2.45, 2.75) is 6.92 Å². The first kappa shape index (κ1) is 5.73. The van der Waals surface area contributed by atoms with Gasteiger partial charge in [0.15, 0.2) is 0 Å². The van der Waals surface area contributed by atoms with Crippen molar-refractivity contribution in [2.75, 3.05) is 5.73 Å². The second-order valence-electron chi connectivity index (χ2n) is 2.17. The maximum absolute atomic E-state index is 5.58. The molecule has 10 heavy (non-hydrogen) atoms. The topological polar surface area (TPSA) is 43.3 Å². The number of imidazole rings is 1. The van der Waals surface area contributed by atoms with Crippen LogP contribution in [0.15, 0.2) is 11.6 Å². The van der Waals surface area contributed by atoms with E-state index in [1.165, 1.54) is 0 Å². The molecular formula is C6H7N3S. The van der Waals surface area contributed by atoms with Crippen molar-refractivity contribution in [3.63, 3.8) is 0 Å². The van der Waals surface area contributed by atoms with Crippen LogP contribution in [-0.4, -0.2) is 9.38 Å². The summed E-state index contributed by atoms with van der Waals surface area (Å²) < 4.78 is 1.94. The van der Waals surface area contributed by atoms with E-state index in [2.05, 4.69) is 10.4 Å². The van der Waals surface area contributed by atoms with Gasteiger partial charge in [-0.2, -0.15) is 0 Å². The van der Waals surface area contributed by atoms with Crippen molar-refractivity contribution < 1.29 is 0 Å². The minimum atomic E-state index is 0.578. The SMILES string of the molecule is Cc1csc2cnc(N)n12. The molecule has 0 spiro atoms. The Kier molecular flexibility index (Phi) is 0.990. The fraction of sp³-hybridized carbons (Fsp3) is 0.167. The van der Waals surface area contributed by atoms with E-state index < -0.39 is 0 Å². The Morgan fingerprint density at radius 1 is 1.70 bits per heavy atom. The molecular weight excluding hydrogens is 146 g/mol. The quantitative estimate of drug-likeness (QED) is 0.619. The highest BCUT2D eigenvalue weighted by Gasteiger charge is 2.02. The van der Waals surface area contributed by atoms with Crippen molar-refractivity contribution in [2.24, 2.45) is 0 Å². The second-order valence-corrected chi connectivity index (χ2v) is 3.06. The molecule has 0 radical (unpaired) electrons. The number of hydrogen-bond acceptors (Lipinski definition) is 3. The van der Waals surface area contributed by atoms with Gasteiger partial charge in [0, 0.05) is 11.1 Å². The van der Waals surface area contributed by atoms with Crippen molar-refractivity contribution in [1.29, 1.82) is 0 Å². The summed E-state index contributed by atoms with van der Waals surface area (Å²) in [6.07, 6.45) is 1.78. The van der Waals surface area contributed by atoms with Crippen LogP contribution in [0.25, 0.3) is 4.83 Å². The van der Waals surface area contributed by atoms with Crippen molar-refractivity contribution in [3.05, 3.63) is 17.3 Å². The number of nitrogens with two attached hydrogens (primary N) is 1. The summed E-state index contributed by atoms with van der Waals surface area (Å²) in [5.41, 5.74) is 6.73. The van der Waals surface area contributed by atoms with Gasteiger partial charge in [-0.1, -0.05) is 0 Å². The molecule has 0 saturated carbocycles. The van der Waals surface area contributed by atoms with Crippen molar-refractivity contribution in [1.82, 2.24) is 9.38 Å². The zero-order chi connectivity index (χ0) is 7.14. The molecule has 0 unspecified atom stereocenters. The number of thiazole rings is 1. The van der Waals surface area contributed by atoms with Crippen LogP contribution in [0.3, 0.4) is 0 Å². The van der Waals surface area contributed by atoms with Crippen LogP contribution in [-0.2, 0) is 0 Å². The van der Waals surface area contributed by atoms with E-state index in [1.807, 2.05) is 11.3 Å². The fourth-order valence-corrected chi connectivity index (χ4v) is 1.84. The normalized spacial score (nSPS) is 10.9. The van der Waals surface area contributed by atoms with Crippen LogP contribution in [0.1, 0.15) is 5.69 Å². The van der Waals surface area contributed by atoms with Gasteiger partial charge in [0.25, 0.3) is 0 Å². The smallest absolute Gasteiger partial charge is 0.205 e. The molecule has 0 aliphatic carbocycles. The Bertz CT molecular complexity index is 328. The lowest BCUT2D eigenvalue weighted by Gasteiger charge is -1.89. The maximum atomic E-state index is 5.58. The highest BCUT2D eigenvalue weighted by molar-refractivity contribution is 7.15. The highest BCUT2D eigenvalue weighted by atomic mass is 32.1. The molecule has 0 saturated heterocycles. The van der Waals surface area contributed by atoms with Crippen LogP contribution in [0.5, 0.6) is 0 Å². The molecule has 3 nitrogen and oxygen atoms in total. The van der Waals surface area contributed by atoms with Gasteiger partial charge in [-0.15, -0.1) is 11.3 Å². The molecule has 4 heteroatoms. The fourth-order valence-electron chi connectivity index (χ4n) is 0.986. The molecule has 0 amide bonds. The van der Waals surface area contributed by atoms with E-state index in [4.69, 9.17) is 5.73 Å². The first-order chi connectivity index (χ1) is 4.79. The summed E-state index contributed by atoms with van der Waals surface area (Å²) in [6, 6.07) is 0. The molecule has 0 aliphatic heterocycles. The monoisotopic (exact) mass is 153 g/mol. The molecule has 2 rings (SSSR count). The Hall–Kier alpha value is -1.03. The van der Waals surface area contributed by atoms with E-state index in [1.54, 1.807) is 17.5 Å². The Morgan fingerprint density at radius 2 is 2.50 bits per heavy atom. The summed E-state index contributed by atoms with van der Waals surface area (Å²) in [4.78, 5) is 5.07. The Labute approximate surface area is 62.1 Å². The molecule has 2 heterocycles. The lowest BCUT2D eigenvalue weighted by atomic mass is 10.6. The average molecular weight is 153 g/mol. The molecule has 2 aromatic heterocycles. The van der Waals surface area contributed by atoms with E-state index >= 15 is 0 Å². The Morgan fingerprint density at radius 3 is 3.20 bits per heavy atom. The van der Waals surface area contributed by atoms with Crippen LogP contribution < -0.4 is 5.73 Å². The molecule has 0 fully saturated rings. The zero-order valence-electron chi connectivity index (χ0n) is 5.53. The van der Waals surface area contributed by atoms with Crippen LogP contribution in [0, 0.1) is 6.92 Å². The van der Waals surface area contributed by atoms with E-state index in [0.29, 0.717) is 5.95 Å². The van der Waals surface area contributed by atoms with Crippen LogP contribution in [0.4, 0.5) is 5.95 Å². The number of hydrogen-bond donors (Lipinski definition) is 1. The summed E-state index contributed by atoms with van der Waals surface area (Å²) in [5.74, 6) is 0.578. The lowest BCUT2D eigenvalue weighted by molar-refractivity contribution is 1.12. The molecule has 0 aliphatic rings. The first-order valence-corrected chi connectivity index (χ1v) is 3.84. The van der Waals surface area contributed by atoms with Gasteiger partial charge < -0.3 is 5.73 Å². The summed E-state index contributed by atoms with van der Waals surface area (Å²) in [5, 5.41) is 2.06. The van der Waals surface area contributed by atoms with Gasteiger partial charge in [0.05, 0.1) is 6.20 Å². The third-order valence-electron chi connectivity index (χ3n) is 1.46. The molecule has 52 valence electrons. The maximum Gasteiger partial charge on any atom is 0.205 e. The Balaban J connectivity index is 2.98. The summed E-state index contributed by atoms with van der Waals surface area (Å²) in [6.45, 7) is 2.02. The van der Waals surface area contributed by atoms with Gasteiger partial charge in [-0.3, -0.25) is 4.40 Å². The molecule has 2 N–H and O–H groups in total. The predicted octanol–water partition coefficient (Wildman–Crippen LogP) is 1.29. The van der Waals surface area contributed by atoms with E-state index in [0.717, 1.165) is 10.5 Å². The summed E-state index contributed by atoms with van der Waals surface area (Å²) in [7, 11) is 0. The standard InChI is InChI=1S/C6H7N3S/c1-4-3-10-5-2-8-6(7)9(4)5/h2-3H,1H3,(H2,7,8).